The molecule has 2 heterocycles. The van der Waals surface area contributed by atoms with Crippen molar-refractivity contribution in [2.45, 2.75) is 18.7 Å². The molecular weight excluding hydrogens is 526 g/mol. The predicted molar refractivity (Wildman–Crippen MR) is 144 cm³/mol. The molecule has 3 aromatic carbocycles. The van der Waals surface area contributed by atoms with Crippen molar-refractivity contribution >= 4 is 26.7 Å². The molecule has 0 spiro atoms. The number of nitrogens with one attached hydrogen (secondary N) is 1. The fourth-order valence-electron chi connectivity index (χ4n) is 4.26. The van der Waals surface area contributed by atoms with Crippen molar-refractivity contribution < 1.29 is 21.9 Å². The number of ether oxygens (including phenoxy) is 1. The molecule has 8 nitrogen and oxygen atoms in total. The number of benzene rings is 3. The fraction of sp³-hybridized carbons (Fsp3) is 0.107. The van der Waals surface area contributed by atoms with Crippen molar-refractivity contribution in [2.75, 3.05) is 11.8 Å². The van der Waals surface area contributed by atoms with Gasteiger partial charge < -0.3 is 4.74 Å². The molecule has 198 valence electrons. The third kappa shape index (κ3) is 4.96. The van der Waals surface area contributed by atoms with Gasteiger partial charge in [0.2, 0.25) is 0 Å². The number of halogens is 2. The summed E-state index contributed by atoms with van der Waals surface area (Å²) in [7, 11) is -2.62. The quantitative estimate of drug-likeness (QED) is 0.315. The van der Waals surface area contributed by atoms with Crippen LogP contribution in [0.2, 0.25) is 0 Å². The molecule has 0 atom stereocenters. The van der Waals surface area contributed by atoms with E-state index < -0.39 is 27.2 Å². The van der Waals surface area contributed by atoms with Crippen LogP contribution in [-0.4, -0.2) is 30.1 Å². The minimum Gasteiger partial charge on any atom is -0.495 e. The summed E-state index contributed by atoms with van der Waals surface area (Å²) in [4.78, 5) is 21.0. The molecule has 0 aliphatic heterocycles. The van der Waals surface area contributed by atoms with Crippen LogP contribution in [0.25, 0.3) is 27.7 Å². The lowest BCUT2D eigenvalue weighted by molar-refractivity contribution is 0.412. The Morgan fingerprint density at radius 3 is 2.44 bits per heavy atom. The number of pyridine rings is 1. The average Bonchev–Trinajstić information content (AvgIpc) is 2.89. The first kappa shape index (κ1) is 26.0. The number of hydrogen-bond acceptors (Lipinski definition) is 6. The van der Waals surface area contributed by atoms with Crippen LogP contribution in [-0.2, 0) is 10.0 Å². The summed E-state index contributed by atoms with van der Waals surface area (Å²) < 4.78 is 64.3. The first-order valence-corrected chi connectivity index (χ1v) is 13.2. The number of hydrogen-bond donors (Lipinski definition) is 1. The van der Waals surface area contributed by atoms with Crippen molar-refractivity contribution in [3.8, 4) is 22.6 Å². The van der Waals surface area contributed by atoms with Gasteiger partial charge in [0, 0.05) is 29.3 Å². The van der Waals surface area contributed by atoms with E-state index in [1.165, 1.54) is 78.5 Å². The maximum Gasteiger partial charge on any atom is 0.263 e. The zero-order valence-corrected chi connectivity index (χ0v) is 21.9. The summed E-state index contributed by atoms with van der Waals surface area (Å²) in [6, 6.07) is 15.2. The van der Waals surface area contributed by atoms with Gasteiger partial charge in [-0.2, -0.15) is 0 Å². The summed E-state index contributed by atoms with van der Waals surface area (Å²) in [6.45, 7) is 3.22. The molecular formula is C28H22F2N4O4S. The maximum atomic E-state index is 15.4. The van der Waals surface area contributed by atoms with Crippen LogP contribution in [0, 0.1) is 25.5 Å². The molecule has 0 saturated heterocycles. The van der Waals surface area contributed by atoms with E-state index in [1.54, 1.807) is 13.8 Å². The van der Waals surface area contributed by atoms with Crippen molar-refractivity contribution in [3.05, 3.63) is 106 Å². The number of fused-ring (bicyclic) bond motifs is 1. The van der Waals surface area contributed by atoms with Gasteiger partial charge in [0.1, 0.15) is 29.0 Å². The Hall–Kier alpha value is -4.64. The molecule has 5 rings (SSSR count). The molecule has 0 aliphatic carbocycles. The SMILES string of the molecule is COc1cc(-c2ccc(F)c(C)c2)c(F)cc1-n1c(=O)ccc2cc(S(=O)(=O)Nc3ccnc(C)n3)ccc21. The van der Waals surface area contributed by atoms with Gasteiger partial charge in [-0.1, -0.05) is 6.07 Å². The Morgan fingerprint density at radius 2 is 1.72 bits per heavy atom. The Kier molecular flexibility index (Phi) is 6.61. The van der Waals surface area contributed by atoms with E-state index in [2.05, 4.69) is 14.7 Å². The van der Waals surface area contributed by atoms with E-state index in [0.29, 0.717) is 27.9 Å². The molecule has 0 bridgehead atoms. The molecule has 0 saturated carbocycles. The Morgan fingerprint density at radius 1 is 0.923 bits per heavy atom. The zero-order chi connectivity index (χ0) is 27.9. The second kappa shape index (κ2) is 9.91. The Balaban J connectivity index is 1.62. The summed E-state index contributed by atoms with van der Waals surface area (Å²) in [5.74, 6) is -0.345. The van der Waals surface area contributed by atoms with Crippen molar-refractivity contribution in [2.24, 2.45) is 0 Å². The first-order chi connectivity index (χ1) is 18.6. The molecule has 0 amide bonds. The molecule has 0 aliphatic rings. The number of nitrogens with zero attached hydrogens (tertiary/aromatic N) is 3. The van der Waals surface area contributed by atoms with E-state index in [-0.39, 0.29) is 27.7 Å². The summed E-state index contributed by atoms with van der Waals surface area (Å²) in [6.07, 6.45) is 1.44. The predicted octanol–water partition coefficient (Wildman–Crippen LogP) is 5.15. The van der Waals surface area contributed by atoms with Gasteiger partial charge >= 0.3 is 0 Å². The number of sulfonamides is 1. The Bertz CT molecular complexity index is 1920. The second-order valence-corrected chi connectivity index (χ2v) is 10.5. The van der Waals surface area contributed by atoms with Crippen LogP contribution in [0.15, 0.2) is 82.6 Å². The molecule has 1 N–H and O–H groups in total. The van der Waals surface area contributed by atoms with Gasteiger partial charge in [0.15, 0.2) is 0 Å². The largest absolute Gasteiger partial charge is 0.495 e. The molecule has 39 heavy (non-hydrogen) atoms. The molecule has 2 aromatic heterocycles. The van der Waals surface area contributed by atoms with E-state index in [1.807, 2.05) is 0 Å². The smallest absolute Gasteiger partial charge is 0.263 e. The lowest BCUT2D eigenvalue weighted by Gasteiger charge is -2.17. The number of aryl methyl sites for hydroxylation is 2. The number of methoxy groups -OCH3 is 1. The van der Waals surface area contributed by atoms with E-state index in [0.717, 1.165) is 6.07 Å². The summed E-state index contributed by atoms with van der Waals surface area (Å²) in [5.41, 5.74) is 0.959. The van der Waals surface area contributed by atoms with Gasteiger partial charge in [0.25, 0.3) is 15.6 Å². The van der Waals surface area contributed by atoms with Gasteiger partial charge in [-0.15, -0.1) is 0 Å². The highest BCUT2D eigenvalue weighted by molar-refractivity contribution is 7.92. The highest BCUT2D eigenvalue weighted by Gasteiger charge is 2.20. The topological polar surface area (TPSA) is 103 Å². The zero-order valence-electron chi connectivity index (χ0n) is 21.1. The number of anilines is 1. The van der Waals surface area contributed by atoms with Gasteiger partial charge in [-0.3, -0.25) is 14.1 Å². The first-order valence-electron chi connectivity index (χ1n) is 11.7. The van der Waals surface area contributed by atoms with Crippen molar-refractivity contribution in [3.63, 3.8) is 0 Å². The average molecular weight is 549 g/mol. The van der Waals surface area contributed by atoms with Crippen LogP contribution in [0.4, 0.5) is 14.6 Å². The number of rotatable bonds is 6. The third-order valence-electron chi connectivity index (χ3n) is 6.17. The lowest BCUT2D eigenvalue weighted by atomic mass is 10.0. The lowest BCUT2D eigenvalue weighted by Crippen LogP contribution is -2.19. The monoisotopic (exact) mass is 548 g/mol. The molecule has 11 heteroatoms. The van der Waals surface area contributed by atoms with Gasteiger partial charge in [-0.05, 0) is 73.5 Å². The highest BCUT2D eigenvalue weighted by atomic mass is 32.2. The van der Waals surface area contributed by atoms with Crippen LogP contribution in [0.3, 0.4) is 0 Å². The van der Waals surface area contributed by atoms with Crippen LogP contribution >= 0.6 is 0 Å². The number of aromatic nitrogens is 3. The van der Waals surface area contributed by atoms with Crippen molar-refractivity contribution in [1.82, 2.24) is 14.5 Å². The fourth-order valence-corrected chi connectivity index (χ4v) is 5.30. The minimum absolute atomic E-state index is 0.0587. The normalized spacial score (nSPS) is 11.5. The molecule has 0 fully saturated rings. The highest BCUT2D eigenvalue weighted by Crippen LogP contribution is 2.34. The molecule has 0 unspecified atom stereocenters. The van der Waals surface area contributed by atoms with Gasteiger partial charge in [-0.25, -0.2) is 27.2 Å². The molecule has 0 radical (unpaired) electrons. The second-order valence-electron chi connectivity index (χ2n) is 8.79. The standard InChI is InChI=1S/C28H22F2N4O4S/c1-16-12-18(4-7-22(16)29)21-14-26(38-3)25(15-23(21)30)34-24-8-6-20(13-19(24)5-9-28(34)35)39(36,37)33-27-10-11-31-17(2)32-27/h4-15H,1-3H3,(H,31,32,33). The Labute approximate surface area is 222 Å². The summed E-state index contributed by atoms with van der Waals surface area (Å²) in [5, 5.41) is 0.414. The van der Waals surface area contributed by atoms with E-state index in [4.69, 9.17) is 4.74 Å². The molecule has 5 aromatic rings. The van der Waals surface area contributed by atoms with E-state index in [9.17, 15) is 17.6 Å². The van der Waals surface area contributed by atoms with Crippen LogP contribution < -0.4 is 15.0 Å². The summed E-state index contributed by atoms with van der Waals surface area (Å²) >= 11 is 0. The third-order valence-corrected chi connectivity index (χ3v) is 7.52. The van der Waals surface area contributed by atoms with Crippen molar-refractivity contribution in [1.29, 1.82) is 0 Å². The van der Waals surface area contributed by atoms with E-state index >= 15 is 4.39 Å². The minimum atomic E-state index is -4.01. The van der Waals surface area contributed by atoms with Crippen LogP contribution in [0.5, 0.6) is 5.75 Å². The van der Waals surface area contributed by atoms with Gasteiger partial charge in [0.05, 0.1) is 23.2 Å². The van der Waals surface area contributed by atoms with Crippen LogP contribution in [0.1, 0.15) is 11.4 Å². The maximum absolute atomic E-state index is 15.4.